The number of hydrogen-bond donors (Lipinski definition) is 2. The van der Waals surface area contributed by atoms with Gasteiger partial charge in [0.15, 0.2) is 0 Å². The van der Waals surface area contributed by atoms with E-state index in [4.69, 9.17) is 0 Å². The maximum Gasteiger partial charge on any atom is 0.234 e. The lowest BCUT2D eigenvalue weighted by Crippen LogP contribution is -2.15. The third kappa shape index (κ3) is 5.26. The van der Waals surface area contributed by atoms with Crippen LogP contribution in [0.15, 0.2) is 23.4 Å². The first-order valence-electron chi connectivity index (χ1n) is 8.39. The van der Waals surface area contributed by atoms with Gasteiger partial charge in [0.2, 0.25) is 11.1 Å². The standard InChI is InChI=1S/C17H20F2N4OS/c18-12-6-7-13(19)14(9-12)20-16(24)10-25-17-21-15(22-23-17)8-5-11-3-1-2-4-11/h6-7,9,11H,1-5,8,10H2,(H,20,24)(H,21,22,23). The topological polar surface area (TPSA) is 70.7 Å². The van der Waals surface area contributed by atoms with Gasteiger partial charge in [0.1, 0.15) is 17.5 Å². The number of carbonyl (C=O) groups excluding carboxylic acids is 1. The lowest BCUT2D eigenvalue weighted by atomic mass is 10.0. The zero-order valence-corrected chi connectivity index (χ0v) is 14.5. The first-order chi connectivity index (χ1) is 12.1. The Morgan fingerprint density at radius 3 is 2.92 bits per heavy atom. The van der Waals surface area contributed by atoms with Gasteiger partial charge in [-0.3, -0.25) is 9.89 Å². The summed E-state index contributed by atoms with van der Waals surface area (Å²) < 4.78 is 26.6. The van der Waals surface area contributed by atoms with E-state index >= 15 is 0 Å². The van der Waals surface area contributed by atoms with Crippen LogP contribution in [0.4, 0.5) is 14.5 Å². The Morgan fingerprint density at radius 1 is 1.32 bits per heavy atom. The fraction of sp³-hybridized carbons (Fsp3) is 0.471. The molecule has 0 radical (unpaired) electrons. The molecule has 1 aromatic carbocycles. The second-order valence-corrected chi connectivity index (χ2v) is 7.16. The summed E-state index contributed by atoms with van der Waals surface area (Å²) in [6.07, 6.45) is 7.21. The number of amides is 1. The SMILES string of the molecule is O=C(CSc1n[nH]c(CCC2CCCC2)n1)Nc1cc(F)ccc1F. The van der Waals surface area contributed by atoms with Crippen LogP contribution in [0.25, 0.3) is 0 Å². The molecule has 1 aliphatic rings. The van der Waals surface area contributed by atoms with E-state index in [1.54, 1.807) is 0 Å². The molecule has 3 rings (SSSR count). The molecule has 8 heteroatoms. The summed E-state index contributed by atoms with van der Waals surface area (Å²) in [4.78, 5) is 16.2. The van der Waals surface area contributed by atoms with Gasteiger partial charge < -0.3 is 5.32 Å². The number of aromatic nitrogens is 3. The maximum absolute atomic E-state index is 13.5. The van der Waals surface area contributed by atoms with Crippen molar-refractivity contribution in [2.24, 2.45) is 5.92 Å². The number of nitrogens with one attached hydrogen (secondary N) is 2. The molecule has 1 fully saturated rings. The smallest absolute Gasteiger partial charge is 0.234 e. The predicted octanol–water partition coefficient (Wildman–Crippen LogP) is 3.94. The molecule has 1 aliphatic carbocycles. The summed E-state index contributed by atoms with van der Waals surface area (Å²) in [6.45, 7) is 0. The molecule has 1 heterocycles. The number of anilines is 1. The minimum Gasteiger partial charge on any atom is -0.323 e. The van der Waals surface area contributed by atoms with Gasteiger partial charge in [-0.25, -0.2) is 13.8 Å². The van der Waals surface area contributed by atoms with Crippen molar-refractivity contribution in [3.05, 3.63) is 35.7 Å². The molecule has 1 amide bonds. The highest BCUT2D eigenvalue weighted by atomic mass is 32.2. The summed E-state index contributed by atoms with van der Waals surface area (Å²) in [5.41, 5.74) is -0.169. The predicted molar refractivity (Wildman–Crippen MR) is 92.4 cm³/mol. The van der Waals surface area contributed by atoms with Crippen molar-refractivity contribution in [3.8, 4) is 0 Å². The van der Waals surface area contributed by atoms with E-state index in [9.17, 15) is 13.6 Å². The Morgan fingerprint density at radius 2 is 2.12 bits per heavy atom. The molecule has 134 valence electrons. The van der Waals surface area contributed by atoms with Crippen LogP contribution in [0.2, 0.25) is 0 Å². The molecule has 1 saturated carbocycles. The number of nitrogens with zero attached hydrogens (tertiary/aromatic N) is 2. The van der Waals surface area contributed by atoms with Gasteiger partial charge in [-0.15, -0.1) is 5.10 Å². The van der Waals surface area contributed by atoms with E-state index in [-0.39, 0.29) is 11.4 Å². The van der Waals surface area contributed by atoms with Crippen molar-refractivity contribution < 1.29 is 13.6 Å². The van der Waals surface area contributed by atoms with Crippen molar-refractivity contribution in [2.45, 2.75) is 43.7 Å². The minimum absolute atomic E-state index is 0.0237. The Balaban J connectivity index is 1.45. The van der Waals surface area contributed by atoms with Gasteiger partial charge in [-0.2, -0.15) is 0 Å². The number of hydrogen-bond acceptors (Lipinski definition) is 4. The molecule has 2 N–H and O–H groups in total. The first kappa shape index (κ1) is 17.8. The van der Waals surface area contributed by atoms with Crippen molar-refractivity contribution in [1.82, 2.24) is 15.2 Å². The van der Waals surface area contributed by atoms with Crippen LogP contribution in [0, 0.1) is 17.6 Å². The van der Waals surface area contributed by atoms with Crippen LogP contribution in [0.3, 0.4) is 0 Å². The second-order valence-electron chi connectivity index (χ2n) is 6.21. The normalized spacial score (nSPS) is 14.8. The average molecular weight is 366 g/mol. The third-order valence-corrected chi connectivity index (χ3v) is 5.16. The van der Waals surface area contributed by atoms with Crippen molar-refractivity contribution >= 4 is 23.4 Å². The van der Waals surface area contributed by atoms with Gasteiger partial charge in [-0.05, 0) is 24.5 Å². The van der Waals surface area contributed by atoms with E-state index in [0.717, 1.165) is 54.5 Å². The Hall–Kier alpha value is -1.96. The van der Waals surface area contributed by atoms with Crippen LogP contribution in [-0.4, -0.2) is 26.8 Å². The van der Waals surface area contributed by atoms with Gasteiger partial charge in [0.05, 0.1) is 11.4 Å². The fourth-order valence-corrected chi connectivity index (χ4v) is 3.62. The molecule has 5 nitrogen and oxygen atoms in total. The molecule has 0 spiro atoms. The van der Waals surface area contributed by atoms with E-state index in [1.807, 2.05) is 0 Å². The summed E-state index contributed by atoms with van der Waals surface area (Å²) in [5, 5.41) is 9.81. The number of aromatic amines is 1. The fourth-order valence-electron chi connectivity index (χ4n) is 3.00. The number of benzene rings is 1. The molecular weight excluding hydrogens is 346 g/mol. The van der Waals surface area contributed by atoms with E-state index in [0.29, 0.717) is 5.16 Å². The van der Waals surface area contributed by atoms with Crippen molar-refractivity contribution in [2.75, 3.05) is 11.1 Å². The molecule has 0 unspecified atom stereocenters. The quantitative estimate of drug-likeness (QED) is 0.728. The monoisotopic (exact) mass is 366 g/mol. The number of H-pyrrole nitrogens is 1. The van der Waals surface area contributed by atoms with Gasteiger partial charge in [-0.1, -0.05) is 37.4 Å². The lowest BCUT2D eigenvalue weighted by Gasteiger charge is -2.05. The Labute approximate surface area is 149 Å². The molecule has 2 aromatic rings. The average Bonchev–Trinajstić information content (AvgIpc) is 3.26. The summed E-state index contributed by atoms with van der Waals surface area (Å²) in [5.74, 6) is -0.0846. The van der Waals surface area contributed by atoms with Crippen LogP contribution >= 0.6 is 11.8 Å². The molecule has 0 aliphatic heterocycles. The molecule has 1 aromatic heterocycles. The zero-order valence-electron chi connectivity index (χ0n) is 13.7. The summed E-state index contributed by atoms with van der Waals surface area (Å²) >= 11 is 1.16. The maximum atomic E-state index is 13.5. The molecular formula is C17H20F2N4OS. The highest BCUT2D eigenvalue weighted by molar-refractivity contribution is 7.99. The lowest BCUT2D eigenvalue weighted by molar-refractivity contribution is -0.113. The van der Waals surface area contributed by atoms with Crippen molar-refractivity contribution in [1.29, 1.82) is 0 Å². The van der Waals surface area contributed by atoms with Crippen molar-refractivity contribution in [3.63, 3.8) is 0 Å². The van der Waals surface area contributed by atoms with Gasteiger partial charge in [0, 0.05) is 12.5 Å². The third-order valence-electron chi connectivity index (χ3n) is 4.31. The number of thioether (sulfide) groups is 1. The summed E-state index contributed by atoms with van der Waals surface area (Å²) in [6, 6.07) is 2.93. The number of rotatable bonds is 7. The van der Waals surface area contributed by atoms with E-state index in [1.165, 1.54) is 25.7 Å². The molecule has 0 atom stereocenters. The summed E-state index contributed by atoms with van der Waals surface area (Å²) in [7, 11) is 0. The zero-order chi connectivity index (χ0) is 17.6. The largest absolute Gasteiger partial charge is 0.323 e. The second kappa shape index (κ2) is 8.42. The van der Waals surface area contributed by atoms with Gasteiger partial charge >= 0.3 is 0 Å². The number of aryl methyl sites for hydroxylation is 1. The highest BCUT2D eigenvalue weighted by Crippen LogP contribution is 2.28. The van der Waals surface area contributed by atoms with Crippen LogP contribution in [0.5, 0.6) is 0 Å². The highest BCUT2D eigenvalue weighted by Gasteiger charge is 2.16. The minimum atomic E-state index is -0.674. The van der Waals surface area contributed by atoms with E-state index < -0.39 is 17.5 Å². The number of carbonyl (C=O) groups is 1. The van der Waals surface area contributed by atoms with Crippen LogP contribution in [0.1, 0.15) is 37.9 Å². The first-order valence-corrected chi connectivity index (χ1v) is 9.37. The molecule has 0 saturated heterocycles. The van der Waals surface area contributed by atoms with Crippen LogP contribution < -0.4 is 5.32 Å². The van der Waals surface area contributed by atoms with Crippen LogP contribution in [-0.2, 0) is 11.2 Å². The molecule has 25 heavy (non-hydrogen) atoms. The number of halogens is 2. The Kier molecular flexibility index (Phi) is 6.01. The van der Waals surface area contributed by atoms with Gasteiger partial charge in [0.25, 0.3) is 0 Å². The van der Waals surface area contributed by atoms with E-state index in [2.05, 4.69) is 20.5 Å². The molecule has 0 bridgehead atoms. The Bertz CT molecular complexity index is 731.